The number of rotatable bonds is 10. The van der Waals surface area contributed by atoms with Crippen molar-refractivity contribution in [3.8, 4) is 22.3 Å². The topological polar surface area (TPSA) is 175 Å². The van der Waals surface area contributed by atoms with E-state index in [1.165, 1.54) is 14.2 Å². The third kappa shape index (κ3) is 7.84. The van der Waals surface area contributed by atoms with E-state index in [2.05, 4.69) is 69.1 Å². The zero-order chi connectivity index (χ0) is 41.4. The number of methoxy groups -OCH3 is 2. The van der Waals surface area contributed by atoms with Gasteiger partial charge in [-0.1, -0.05) is 64.1 Å². The number of amides is 4. The van der Waals surface area contributed by atoms with Gasteiger partial charge in [0, 0.05) is 12.1 Å². The lowest BCUT2D eigenvalue weighted by Crippen LogP contribution is -2.52. The van der Waals surface area contributed by atoms with Crippen LogP contribution in [0.3, 0.4) is 0 Å². The Morgan fingerprint density at radius 1 is 0.603 bits per heavy atom. The van der Waals surface area contributed by atoms with Gasteiger partial charge in [-0.3, -0.25) is 9.59 Å². The minimum absolute atomic E-state index is 0.00508. The fourth-order valence-electron chi connectivity index (χ4n) is 8.56. The number of ether oxygens (including phenoxy) is 2. The average Bonchev–Trinajstić information content (AvgIpc) is 4.01. The number of nitrogens with zero attached hydrogens (tertiary/aromatic N) is 4. The zero-order valence-electron chi connectivity index (χ0n) is 34.5. The molecule has 4 amide bonds. The second-order valence-electron chi connectivity index (χ2n) is 16.4. The number of imidazole rings is 2. The molecule has 2 aliphatic rings. The largest absolute Gasteiger partial charge is 0.453 e. The fourth-order valence-corrected chi connectivity index (χ4v) is 8.56. The van der Waals surface area contributed by atoms with Crippen LogP contribution in [0.25, 0.3) is 44.3 Å². The van der Waals surface area contributed by atoms with Crippen molar-refractivity contribution in [2.75, 3.05) is 14.2 Å². The molecule has 2 saturated heterocycles. The van der Waals surface area contributed by atoms with Gasteiger partial charge in [0.05, 0.1) is 48.4 Å². The molecule has 0 saturated carbocycles. The Bertz CT molecular complexity index is 2150. The number of likely N-dealkylation sites (tertiary alicyclic amines) is 2. The monoisotopic (exact) mass is 790 g/mol. The summed E-state index contributed by atoms with van der Waals surface area (Å²) < 4.78 is 9.60. The van der Waals surface area contributed by atoms with Crippen LogP contribution in [-0.4, -0.2) is 92.1 Å². The summed E-state index contributed by atoms with van der Waals surface area (Å²) in [6, 6.07) is 18.8. The molecule has 306 valence electrons. The number of carbonyl (C=O) groups is 4. The van der Waals surface area contributed by atoms with Crippen LogP contribution in [-0.2, 0) is 19.1 Å². The van der Waals surface area contributed by atoms with Crippen LogP contribution in [0.1, 0.15) is 91.0 Å². The summed E-state index contributed by atoms with van der Waals surface area (Å²) in [5.74, 6) is 0.938. The molecule has 0 radical (unpaired) electrons. The van der Waals surface area contributed by atoms with E-state index in [4.69, 9.17) is 19.4 Å². The van der Waals surface area contributed by atoms with Gasteiger partial charge in [-0.2, -0.15) is 0 Å². The first-order chi connectivity index (χ1) is 27.8. The molecule has 2 aromatic heterocycles. The highest BCUT2D eigenvalue weighted by Gasteiger charge is 2.42. The normalized spacial score (nSPS) is 20.5. The molecule has 0 aliphatic carbocycles. The second-order valence-corrected chi connectivity index (χ2v) is 16.4. The van der Waals surface area contributed by atoms with Crippen molar-refractivity contribution in [2.24, 2.45) is 11.8 Å². The number of nitrogens with one attached hydrogen (secondary N) is 4. The molecular formula is C44H54N8O6. The van der Waals surface area contributed by atoms with Crippen LogP contribution in [0.15, 0.2) is 60.7 Å². The Morgan fingerprint density at radius 3 is 1.31 bits per heavy atom. The Kier molecular flexibility index (Phi) is 11.5. The fraction of sp³-hybridized carbons (Fsp3) is 0.455. The van der Waals surface area contributed by atoms with Crippen LogP contribution >= 0.6 is 0 Å². The molecule has 4 N–H and O–H groups in total. The van der Waals surface area contributed by atoms with Gasteiger partial charge < -0.3 is 39.9 Å². The molecule has 4 heterocycles. The lowest BCUT2D eigenvalue weighted by molar-refractivity contribution is -0.138. The third-order valence-corrected chi connectivity index (χ3v) is 11.8. The maximum Gasteiger partial charge on any atom is 0.407 e. The summed E-state index contributed by atoms with van der Waals surface area (Å²) in [5, 5.41) is 5.45. The van der Waals surface area contributed by atoms with Crippen LogP contribution in [0.4, 0.5) is 9.59 Å². The summed E-state index contributed by atoms with van der Waals surface area (Å²) in [5.41, 5.74) is 7.57. The van der Waals surface area contributed by atoms with Crippen LogP contribution in [0.5, 0.6) is 0 Å². The van der Waals surface area contributed by atoms with Crippen molar-refractivity contribution in [2.45, 2.75) is 103 Å². The van der Waals surface area contributed by atoms with Crippen molar-refractivity contribution in [3.63, 3.8) is 0 Å². The van der Waals surface area contributed by atoms with E-state index in [0.29, 0.717) is 0 Å². The Balaban J connectivity index is 1.08. The van der Waals surface area contributed by atoms with Crippen molar-refractivity contribution in [3.05, 3.63) is 72.3 Å². The van der Waals surface area contributed by atoms with Crippen LogP contribution in [0, 0.1) is 11.8 Å². The molecule has 0 unspecified atom stereocenters. The van der Waals surface area contributed by atoms with Crippen LogP contribution in [0.2, 0.25) is 0 Å². The molecule has 0 spiro atoms. The number of fused-ring (bicyclic) bond motifs is 2. The van der Waals surface area contributed by atoms with Crippen molar-refractivity contribution in [1.29, 1.82) is 0 Å². The predicted octanol–water partition coefficient (Wildman–Crippen LogP) is 7.64. The summed E-state index contributed by atoms with van der Waals surface area (Å²) in [6.45, 7) is 11.7. The molecule has 3 aromatic carbocycles. The van der Waals surface area contributed by atoms with Crippen LogP contribution < -0.4 is 10.6 Å². The predicted molar refractivity (Wildman–Crippen MR) is 222 cm³/mol. The number of carbonyl (C=O) groups excluding carboxylic acids is 4. The van der Waals surface area contributed by atoms with E-state index >= 15 is 0 Å². The van der Waals surface area contributed by atoms with Crippen molar-refractivity contribution in [1.82, 2.24) is 40.4 Å². The van der Waals surface area contributed by atoms with Gasteiger partial charge in [-0.25, -0.2) is 19.6 Å². The highest BCUT2D eigenvalue weighted by molar-refractivity contribution is 5.89. The molecule has 2 aliphatic heterocycles. The smallest absolute Gasteiger partial charge is 0.407 e. The summed E-state index contributed by atoms with van der Waals surface area (Å²) in [4.78, 5) is 72.4. The van der Waals surface area contributed by atoms with Gasteiger partial charge in [0.25, 0.3) is 0 Å². The third-order valence-electron chi connectivity index (χ3n) is 11.8. The minimum atomic E-state index is -0.709. The van der Waals surface area contributed by atoms with Gasteiger partial charge in [-0.05, 0) is 97.9 Å². The molecule has 7 rings (SSSR count). The number of alkyl carbamates (subject to hydrolysis) is 2. The summed E-state index contributed by atoms with van der Waals surface area (Å²) >= 11 is 0. The van der Waals surface area contributed by atoms with Crippen molar-refractivity contribution >= 4 is 46.1 Å². The maximum atomic E-state index is 13.8. The molecule has 14 nitrogen and oxygen atoms in total. The Hall–Kier alpha value is -5.92. The summed E-state index contributed by atoms with van der Waals surface area (Å²) in [6.07, 6.45) is 1.94. The Morgan fingerprint density at radius 2 is 0.966 bits per heavy atom. The molecular weight excluding hydrogens is 737 g/mol. The van der Waals surface area contributed by atoms with Gasteiger partial charge >= 0.3 is 12.2 Å². The second kappa shape index (κ2) is 16.5. The van der Waals surface area contributed by atoms with Gasteiger partial charge in [-0.15, -0.1) is 0 Å². The maximum absolute atomic E-state index is 13.8. The number of hydrogen-bond acceptors (Lipinski definition) is 8. The molecule has 2 fully saturated rings. The SMILES string of the molecule is COC(=O)N[C@H](C(=O)N1[C@H](C)CC[C@H]1c1nc2ccc(-c3ccc(-c4ccc5nc([C@@H]6CC[C@H](C)N6C(=O)[C@@H](NC(=O)OC)C(C)C)[nH]c5c4)cc3)cc2[nH]1)C(C)C. The summed E-state index contributed by atoms with van der Waals surface area (Å²) in [7, 11) is 2.59. The number of aromatic nitrogens is 4. The van der Waals surface area contributed by atoms with E-state index < -0.39 is 24.3 Å². The minimum Gasteiger partial charge on any atom is -0.453 e. The Labute approximate surface area is 338 Å². The highest BCUT2D eigenvalue weighted by Crippen LogP contribution is 2.39. The first-order valence-electron chi connectivity index (χ1n) is 20.2. The standard InChI is InChI=1S/C44H54N8O6/c1-23(2)37(49-43(55)57-7)41(53)51-25(5)9-19-35(51)39-45-31-17-15-29(21-33(31)47-39)27-11-13-28(14-12-27)30-16-18-32-34(22-30)48-40(46-32)36-20-10-26(6)52(36)42(54)38(24(3)4)50-44(56)58-8/h11-18,21-26,35-38H,9-10,19-20H2,1-8H3,(H,45,47)(H,46,48)(H,49,55)(H,50,56)/t25-,26+,35-,36-,37-,38-/m0/s1. The van der Waals surface area contributed by atoms with E-state index in [1.807, 2.05) is 63.5 Å². The average molecular weight is 791 g/mol. The number of H-pyrrole nitrogens is 2. The van der Waals surface area contributed by atoms with Gasteiger partial charge in [0.2, 0.25) is 11.8 Å². The zero-order valence-corrected chi connectivity index (χ0v) is 34.5. The highest BCUT2D eigenvalue weighted by atomic mass is 16.5. The van der Waals surface area contributed by atoms with Gasteiger partial charge in [0.15, 0.2) is 0 Å². The molecule has 5 aromatic rings. The van der Waals surface area contributed by atoms with E-state index in [1.54, 1.807) is 0 Å². The molecule has 58 heavy (non-hydrogen) atoms. The number of aromatic amines is 2. The number of benzene rings is 3. The van der Waals surface area contributed by atoms with E-state index in [-0.39, 0.29) is 47.8 Å². The number of hydrogen-bond donors (Lipinski definition) is 4. The lowest BCUT2D eigenvalue weighted by atomic mass is 10.00. The quantitative estimate of drug-likeness (QED) is 0.112. The van der Waals surface area contributed by atoms with E-state index in [0.717, 1.165) is 81.7 Å². The van der Waals surface area contributed by atoms with E-state index in [9.17, 15) is 19.2 Å². The lowest BCUT2D eigenvalue weighted by Gasteiger charge is -2.32. The first-order valence-corrected chi connectivity index (χ1v) is 20.2. The van der Waals surface area contributed by atoms with Crippen molar-refractivity contribution < 1.29 is 28.7 Å². The molecule has 0 bridgehead atoms. The first kappa shape index (κ1) is 40.3. The van der Waals surface area contributed by atoms with Gasteiger partial charge in [0.1, 0.15) is 23.7 Å². The molecule has 14 heteroatoms. The molecule has 6 atom stereocenters.